The van der Waals surface area contributed by atoms with Gasteiger partial charge in [-0.25, -0.2) is 0 Å². The van der Waals surface area contributed by atoms with Crippen molar-refractivity contribution in [2.24, 2.45) is 5.92 Å². The van der Waals surface area contributed by atoms with E-state index in [4.69, 9.17) is 0 Å². The zero-order chi connectivity index (χ0) is 11.4. The summed E-state index contributed by atoms with van der Waals surface area (Å²) in [7, 11) is 1.69. The Balaban J connectivity index is 2.99. The van der Waals surface area contributed by atoms with Gasteiger partial charge in [0.25, 0.3) is 0 Å². The van der Waals surface area contributed by atoms with Crippen LogP contribution < -0.4 is 5.32 Å². The molecule has 0 spiro atoms. The van der Waals surface area contributed by atoms with E-state index < -0.39 is 0 Å². The van der Waals surface area contributed by atoms with E-state index in [1.54, 1.807) is 7.05 Å². The van der Waals surface area contributed by atoms with Crippen LogP contribution in [0.15, 0.2) is 24.3 Å². The molecule has 0 bridgehead atoms. The minimum atomic E-state index is -0.0457. The number of carbonyl (C=O) groups is 1. The fourth-order valence-corrected chi connectivity index (χ4v) is 1.77. The van der Waals surface area contributed by atoms with Crippen LogP contribution in [0.4, 0.5) is 0 Å². The van der Waals surface area contributed by atoms with Crippen LogP contribution in [0.25, 0.3) is 0 Å². The first-order chi connectivity index (χ1) is 7.06. The Kier molecular flexibility index (Phi) is 3.89. The van der Waals surface area contributed by atoms with Crippen LogP contribution in [0.5, 0.6) is 0 Å². The molecule has 2 nitrogen and oxygen atoms in total. The van der Waals surface area contributed by atoms with Crippen LogP contribution in [0, 0.1) is 12.8 Å². The Bertz CT molecular complexity index is 327. The Morgan fingerprint density at radius 3 is 2.13 bits per heavy atom. The molecular weight excluding hydrogens is 186 g/mol. The second-order valence-electron chi connectivity index (χ2n) is 4.25. The maximum Gasteiger partial charge on any atom is 0.227 e. The lowest BCUT2D eigenvalue weighted by Crippen LogP contribution is -2.29. The van der Waals surface area contributed by atoms with Crippen LogP contribution >= 0.6 is 0 Å². The lowest BCUT2D eigenvalue weighted by Gasteiger charge is -2.19. The monoisotopic (exact) mass is 205 g/mol. The summed E-state index contributed by atoms with van der Waals surface area (Å²) >= 11 is 0. The molecular formula is C13H19NO. The van der Waals surface area contributed by atoms with Crippen LogP contribution in [-0.4, -0.2) is 13.0 Å². The first-order valence-electron chi connectivity index (χ1n) is 5.34. The predicted octanol–water partition coefficient (Wildman–Crippen LogP) is 2.48. The Morgan fingerprint density at radius 2 is 1.73 bits per heavy atom. The molecule has 0 radical (unpaired) electrons. The molecule has 0 aromatic heterocycles. The van der Waals surface area contributed by atoms with Gasteiger partial charge in [-0.1, -0.05) is 43.7 Å². The third-order valence-electron chi connectivity index (χ3n) is 2.63. The summed E-state index contributed by atoms with van der Waals surface area (Å²) in [4.78, 5) is 11.7. The van der Waals surface area contributed by atoms with Gasteiger partial charge >= 0.3 is 0 Å². The maximum atomic E-state index is 11.7. The molecule has 2 heteroatoms. The molecule has 0 heterocycles. The van der Waals surface area contributed by atoms with Gasteiger partial charge in [0.2, 0.25) is 5.91 Å². The van der Waals surface area contributed by atoms with Gasteiger partial charge in [-0.3, -0.25) is 4.79 Å². The van der Waals surface area contributed by atoms with Gasteiger partial charge in [0, 0.05) is 7.05 Å². The number of carbonyl (C=O) groups excluding carboxylic acids is 1. The van der Waals surface area contributed by atoms with Crippen LogP contribution in [-0.2, 0) is 4.79 Å². The summed E-state index contributed by atoms with van der Waals surface area (Å²) in [5.41, 5.74) is 2.31. The fourth-order valence-electron chi connectivity index (χ4n) is 1.77. The molecule has 1 rings (SSSR count). The molecule has 0 saturated carbocycles. The molecule has 1 aromatic rings. The quantitative estimate of drug-likeness (QED) is 0.807. The molecule has 0 aliphatic heterocycles. The predicted molar refractivity (Wildman–Crippen MR) is 62.8 cm³/mol. The van der Waals surface area contributed by atoms with Crippen LogP contribution in [0.1, 0.15) is 30.9 Å². The molecule has 1 N–H and O–H groups in total. The molecule has 1 amide bonds. The lowest BCUT2D eigenvalue weighted by atomic mass is 9.87. The second-order valence-corrected chi connectivity index (χ2v) is 4.25. The van der Waals surface area contributed by atoms with Gasteiger partial charge in [-0.05, 0) is 18.4 Å². The van der Waals surface area contributed by atoms with E-state index in [0.29, 0.717) is 5.92 Å². The number of nitrogens with one attached hydrogen (secondary N) is 1. The lowest BCUT2D eigenvalue weighted by molar-refractivity contribution is -0.123. The van der Waals surface area contributed by atoms with E-state index in [1.165, 1.54) is 5.56 Å². The Morgan fingerprint density at radius 1 is 1.20 bits per heavy atom. The van der Waals surface area contributed by atoms with E-state index in [0.717, 1.165) is 5.56 Å². The minimum Gasteiger partial charge on any atom is -0.359 e. The van der Waals surface area contributed by atoms with E-state index in [-0.39, 0.29) is 11.8 Å². The van der Waals surface area contributed by atoms with Crippen molar-refractivity contribution in [2.45, 2.75) is 26.7 Å². The van der Waals surface area contributed by atoms with Gasteiger partial charge in [0.1, 0.15) is 0 Å². The van der Waals surface area contributed by atoms with Crippen molar-refractivity contribution in [1.29, 1.82) is 0 Å². The average molecular weight is 205 g/mol. The number of hydrogen-bond donors (Lipinski definition) is 1. The summed E-state index contributed by atoms with van der Waals surface area (Å²) in [6.45, 7) is 6.19. The van der Waals surface area contributed by atoms with Crippen molar-refractivity contribution in [2.75, 3.05) is 7.05 Å². The van der Waals surface area contributed by atoms with Crippen molar-refractivity contribution in [1.82, 2.24) is 5.32 Å². The number of likely N-dealkylation sites (N-methyl/N-ethyl adjacent to an activating group) is 1. The third kappa shape index (κ3) is 2.82. The van der Waals surface area contributed by atoms with Crippen molar-refractivity contribution >= 4 is 5.91 Å². The zero-order valence-corrected chi connectivity index (χ0v) is 9.87. The molecule has 1 unspecified atom stereocenters. The number of rotatable bonds is 3. The van der Waals surface area contributed by atoms with Gasteiger partial charge in [-0.2, -0.15) is 0 Å². The van der Waals surface area contributed by atoms with Crippen molar-refractivity contribution in [3.8, 4) is 0 Å². The second kappa shape index (κ2) is 4.96. The summed E-state index contributed by atoms with van der Waals surface area (Å²) in [5.74, 6) is 0.358. The van der Waals surface area contributed by atoms with E-state index >= 15 is 0 Å². The Hall–Kier alpha value is -1.31. The van der Waals surface area contributed by atoms with Crippen molar-refractivity contribution in [3.05, 3.63) is 35.4 Å². The highest BCUT2D eigenvalue weighted by Crippen LogP contribution is 2.24. The molecule has 0 aliphatic carbocycles. The van der Waals surface area contributed by atoms with Gasteiger partial charge in [0.05, 0.1) is 5.92 Å². The summed E-state index contributed by atoms with van der Waals surface area (Å²) in [6.07, 6.45) is 0. The average Bonchev–Trinajstić information content (AvgIpc) is 2.20. The molecule has 82 valence electrons. The van der Waals surface area contributed by atoms with Crippen molar-refractivity contribution in [3.63, 3.8) is 0 Å². The summed E-state index contributed by atoms with van der Waals surface area (Å²) < 4.78 is 0. The highest BCUT2D eigenvalue weighted by molar-refractivity contribution is 5.83. The SMILES string of the molecule is CNC(=O)C(c1ccc(C)cc1)C(C)C. The smallest absolute Gasteiger partial charge is 0.227 e. The van der Waals surface area contributed by atoms with E-state index in [2.05, 4.69) is 19.2 Å². The van der Waals surface area contributed by atoms with Gasteiger partial charge in [-0.15, -0.1) is 0 Å². The maximum absolute atomic E-state index is 11.7. The highest BCUT2D eigenvalue weighted by atomic mass is 16.1. The minimum absolute atomic E-state index is 0.0457. The molecule has 0 saturated heterocycles. The van der Waals surface area contributed by atoms with E-state index in [1.807, 2.05) is 31.2 Å². The van der Waals surface area contributed by atoms with Crippen LogP contribution in [0.3, 0.4) is 0 Å². The number of hydrogen-bond acceptors (Lipinski definition) is 1. The van der Waals surface area contributed by atoms with Crippen LogP contribution in [0.2, 0.25) is 0 Å². The first kappa shape index (κ1) is 11.8. The van der Waals surface area contributed by atoms with Gasteiger partial charge < -0.3 is 5.32 Å². The summed E-state index contributed by atoms with van der Waals surface area (Å²) in [6, 6.07) is 8.17. The third-order valence-corrected chi connectivity index (χ3v) is 2.63. The topological polar surface area (TPSA) is 29.1 Å². The summed E-state index contributed by atoms with van der Waals surface area (Å²) in [5, 5.41) is 2.72. The normalized spacial score (nSPS) is 12.6. The molecule has 1 aromatic carbocycles. The molecule has 1 atom stereocenters. The Labute approximate surface area is 91.7 Å². The fraction of sp³-hybridized carbons (Fsp3) is 0.462. The number of benzene rings is 1. The number of aryl methyl sites for hydroxylation is 1. The number of amides is 1. The molecule has 15 heavy (non-hydrogen) atoms. The first-order valence-corrected chi connectivity index (χ1v) is 5.34. The van der Waals surface area contributed by atoms with Gasteiger partial charge in [0.15, 0.2) is 0 Å². The largest absolute Gasteiger partial charge is 0.359 e. The molecule has 0 aliphatic rings. The zero-order valence-electron chi connectivity index (χ0n) is 9.87. The van der Waals surface area contributed by atoms with Crippen molar-refractivity contribution < 1.29 is 4.79 Å². The highest BCUT2D eigenvalue weighted by Gasteiger charge is 2.22. The molecule has 0 fully saturated rings. The van der Waals surface area contributed by atoms with E-state index in [9.17, 15) is 4.79 Å². The standard InChI is InChI=1S/C13H19NO/c1-9(2)12(13(15)14-4)11-7-5-10(3)6-8-11/h5-9,12H,1-4H3,(H,14,15).